The van der Waals surface area contributed by atoms with E-state index >= 15 is 0 Å². The van der Waals surface area contributed by atoms with E-state index in [9.17, 15) is 13.2 Å². The van der Waals surface area contributed by atoms with Crippen molar-refractivity contribution in [2.75, 3.05) is 33.8 Å². The fourth-order valence-corrected chi connectivity index (χ4v) is 3.43. The van der Waals surface area contributed by atoms with E-state index in [1.807, 2.05) is 0 Å². The third-order valence-corrected chi connectivity index (χ3v) is 5.54. The molecule has 1 rings (SSSR count). The van der Waals surface area contributed by atoms with E-state index < -0.39 is 16.2 Å². The molecule has 0 aromatic carbocycles. The first-order valence-corrected chi connectivity index (χ1v) is 9.41. The molecule has 1 aliphatic carbocycles. The summed E-state index contributed by atoms with van der Waals surface area (Å²) in [5.74, 6) is -0.419. The van der Waals surface area contributed by atoms with Crippen LogP contribution in [-0.2, 0) is 19.7 Å². The van der Waals surface area contributed by atoms with Crippen LogP contribution in [0, 0.1) is 0 Å². The van der Waals surface area contributed by atoms with Crippen molar-refractivity contribution in [3.8, 4) is 0 Å². The van der Waals surface area contributed by atoms with Gasteiger partial charge in [0.1, 0.15) is 0 Å². The minimum absolute atomic E-state index is 0.0498. The predicted octanol–water partition coefficient (Wildman–Crippen LogP) is 0.628. The summed E-state index contributed by atoms with van der Waals surface area (Å²) in [5, 5.41) is 3.41. The van der Waals surface area contributed by atoms with Crippen molar-refractivity contribution in [2.24, 2.45) is 0 Å². The maximum Gasteiger partial charge on any atom is 0.306 e. The van der Waals surface area contributed by atoms with E-state index in [1.54, 1.807) is 0 Å². The summed E-state index contributed by atoms with van der Waals surface area (Å²) >= 11 is 0. The highest BCUT2D eigenvalue weighted by Crippen LogP contribution is 2.16. The fourth-order valence-electron chi connectivity index (χ4n) is 2.52. The van der Waals surface area contributed by atoms with E-state index in [0.29, 0.717) is 19.1 Å². The lowest BCUT2D eigenvalue weighted by molar-refractivity contribution is -0.140. The quantitative estimate of drug-likeness (QED) is 0.366. The van der Waals surface area contributed by atoms with E-state index in [0.717, 1.165) is 4.31 Å². The number of nitrogens with one attached hydrogen (secondary N) is 2. The van der Waals surface area contributed by atoms with Gasteiger partial charge in [-0.1, -0.05) is 25.7 Å². The third kappa shape index (κ3) is 7.53. The van der Waals surface area contributed by atoms with Crippen molar-refractivity contribution >= 4 is 16.2 Å². The summed E-state index contributed by atoms with van der Waals surface area (Å²) in [6.45, 7) is 1.08. The van der Waals surface area contributed by atoms with Crippen molar-refractivity contribution in [3.63, 3.8) is 0 Å². The molecule has 22 heavy (non-hydrogen) atoms. The molecule has 8 heteroatoms. The molecule has 1 saturated carbocycles. The van der Waals surface area contributed by atoms with Crippen molar-refractivity contribution in [1.29, 1.82) is 0 Å². The number of nitrogens with zero attached hydrogens (tertiary/aromatic N) is 1. The molecule has 2 N–H and O–H groups in total. The summed E-state index contributed by atoms with van der Waals surface area (Å²) in [7, 11) is -0.804. The lowest BCUT2D eigenvalue weighted by Crippen LogP contribution is -2.43. The van der Waals surface area contributed by atoms with Crippen LogP contribution in [0.5, 0.6) is 0 Å². The van der Waals surface area contributed by atoms with Crippen LogP contribution in [0.2, 0.25) is 0 Å². The second-order valence-corrected chi connectivity index (χ2v) is 7.55. The summed E-state index contributed by atoms with van der Waals surface area (Å²) in [5.41, 5.74) is 0. The minimum Gasteiger partial charge on any atom is -0.469 e. The van der Waals surface area contributed by atoms with Gasteiger partial charge in [0.15, 0.2) is 0 Å². The molecule has 0 bridgehead atoms. The van der Waals surface area contributed by atoms with Gasteiger partial charge in [0.25, 0.3) is 10.2 Å². The SMILES string of the molecule is COC(=O)CCN(C)S(=O)(=O)NCCNC1CCCCCC1. The van der Waals surface area contributed by atoms with Crippen molar-refractivity contribution in [1.82, 2.24) is 14.3 Å². The summed E-state index contributed by atoms with van der Waals surface area (Å²) in [4.78, 5) is 11.0. The third-order valence-electron chi connectivity index (χ3n) is 3.97. The van der Waals surface area contributed by atoms with Crippen LogP contribution in [0.3, 0.4) is 0 Å². The van der Waals surface area contributed by atoms with E-state index in [2.05, 4.69) is 14.8 Å². The van der Waals surface area contributed by atoms with Gasteiger partial charge >= 0.3 is 5.97 Å². The first kappa shape index (κ1) is 19.3. The van der Waals surface area contributed by atoms with Crippen molar-refractivity contribution in [3.05, 3.63) is 0 Å². The van der Waals surface area contributed by atoms with Gasteiger partial charge in [-0.15, -0.1) is 0 Å². The van der Waals surface area contributed by atoms with Crippen LogP contribution in [0.15, 0.2) is 0 Å². The van der Waals surface area contributed by atoms with Gasteiger partial charge in [-0.3, -0.25) is 4.79 Å². The smallest absolute Gasteiger partial charge is 0.306 e. The van der Waals surface area contributed by atoms with Gasteiger partial charge in [0.05, 0.1) is 13.5 Å². The zero-order valence-corrected chi connectivity index (χ0v) is 14.5. The molecule has 1 aliphatic rings. The van der Waals surface area contributed by atoms with Crippen LogP contribution in [-0.4, -0.2) is 58.5 Å². The van der Waals surface area contributed by atoms with Gasteiger partial charge in [-0.05, 0) is 12.8 Å². The minimum atomic E-state index is -3.54. The topological polar surface area (TPSA) is 87.7 Å². The number of methoxy groups -OCH3 is 1. The molecule has 1 fully saturated rings. The normalized spacial score (nSPS) is 17.4. The standard InChI is InChI=1S/C14H29N3O4S/c1-17(12-9-14(18)21-2)22(19,20)16-11-10-15-13-7-5-3-4-6-8-13/h13,15-16H,3-12H2,1-2H3. The van der Waals surface area contributed by atoms with Gasteiger partial charge in [-0.2, -0.15) is 12.7 Å². The Labute approximate surface area is 134 Å². The summed E-state index contributed by atoms with van der Waals surface area (Å²) in [6.07, 6.45) is 7.50. The van der Waals surface area contributed by atoms with Gasteiger partial charge in [0, 0.05) is 32.7 Å². The Morgan fingerprint density at radius 3 is 2.41 bits per heavy atom. The van der Waals surface area contributed by atoms with Crippen LogP contribution in [0.1, 0.15) is 44.9 Å². The summed E-state index contributed by atoms with van der Waals surface area (Å²) < 4.78 is 32.1. The lowest BCUT2D eigenvalue weighted by atomic mass is 10.1. The molecule has 0 unspecified atom stereocenters. The molecule has 130 valence electrons. The molecule has 0 aliphatic heterocycles. The highest BCUT2D eigenvalue weighted by atomic mass is 32.2. The fraction of sp³-hybridized carbons (Fsp3) is 0.929. The first-order valence-electron chi connectivity index (χ1n) is 7.97. The largest absolute Gasteiger partial charge is 0.469 e. The van der Waals surface area contributed by atoms with Gasteiger partial charge in [0.2, 0.25) is 0 Å². The average molecular weight is 335 g/mol. The zero-order chi connectivity index (χ0) is 16.4. The van der Waals surface area contributed by atoms with E-state index in [1.165, 1.54) is 52.7 Å². The van der Waals surface area contributed by atoms with Crippen molar-refractivity contribution in [2.45, 2.75) is 51.0 Å². The Bertz CT molecular complexity index is 420. The maximum absolute atomic E-state index is 12.0. The summed E-state index contributed by atoms with van der Waals surface area (Å²) in [6, 6.07) is 0.504. The Morgan fingerprint density at radius 1 is 1.18 bits per heavy atom. The highest BCUT2D eigenvalue weighted by Gasteiger charge is 2.18. The van der Waals surface area contributed by atoms with Crippen LogP contribution in [0.25, 0.3) is 0 Å². The lowest BCUT2D eigenvalue weighted by Gasteiger charge is -2.19. The number of ether oxygens (including phenoxy) is 1. The number of hydrogen-bond donors (Lipinski definition) is 2. The second kappa shape index (κ2) is 10.1. The number of carbonyl (C=O) groups is 1. The molecule has 0 heterocycles. The van der Waals surface area contributed by atoms with Gasteiger partial charge in [-0.25, -0.2) is 4.72 Å². The molecule has 0 spiro atoms. The molecule has 0 saturated heterocycles. The number of rotatable bonds is 9. The first-order chi connectivity index (χ1) is 10.5. The Kier molecular flexibility index (Phi) is 8.92. The van der Waals surface area contributed by atoms with Gasteiger partial charge < -0.3 is 10.1 Å². The molecular weight excluding hydrogens is 306 g/mol. The molecule has 0 radical (unpaired) electrons. The molecule has 0 atom stereocenters. The van der Waals surface area contributed by atoms with Crippen LogP contribution < -0.4 is 10.0 Å². The average Bonchev–Trinajstić information content (AvgIpc) is 2.77. The Balaban J connectivity index is 2.22. The number of carbonyl (C=O) groups excluding carboxylic acids is 1. The van der Waals surface area contributed by atoms with Crippen LogP contribution in [0.4, 0.5) is 0 Å². The molecule has 0 amide bonds. The predicted molar refractivity (Wildman–Crippen MR) is 85.7 cm³/mol. The zero-order valence-electron chi connectivity index (χ0n) is 13.6. The Hall–Kier alpha value is -0.700. The number of hydrogen-bond acceptors (Lipinski definition) is 5. The number of esters is 1. The molecule has 0 aromatic heterocycles. The molecule has 0 aromatic rings. The Morgan fingerprint density at radius 2 is 1.82 bits per heavy atom. The van der Waals surface area contributed by atoms with E-state index in [-0.39, 0.29) is 13.0 Å². The van der Waals surface area contributed by atoms with E-state index in [4.69, 9.17) is 0 Å². The van der Waals surface area contributed by atoms with Crippen LogP contribution >= 0.6 is 0 Å². The molecular formula is C14H29N3O4S. The molecule has 7 nitrogen and oxygen atoms in total. The second-order valence-electron chi connectivity index (χ2n) is 5.69. The van der Waals surface area contributed by atoms with Crippen molar-refractivity contribution < 1.29 is 17.9 Å². The highest BCUT2D eigenvalue weighted by molar-refractivity contribution is 7.87. The monoisotopic (exact) mass is 335 g/mol. The maximum atomic E-state index is 12.0.